The van der Waals surface area contributed by atoms with Crippen LogP contribution in [0.2, 0.25) is 0 Å². The fraction of sp³-hybridized carbons (Fsp3) is 0.458. The van der Waals surface area contributed by atoms with E-state index in [1.165, 1.54) is 24.8 Å². The monoisotopic (exact) mass is 381 g/mol. The van der Waals surface area contributed by atoms with E-state index in [0.29, 0.717) is 11.5 Å². The topological polar surface area (TPSA) is 49.8 Å². The molecule has 150 valence electrons. The van der Waals surface area contributed by atoms with Gasteiger partial charge in [-0.25, -0.2) is 4.79 Å². The Bertz CT molecular complexity index is 731. The number of hydrogen-bond acceptors (Lipinski definition) is 3. The highest BCUT2D eigenvalue weighted by atomic mass is 16.5. The lowest BCUT2D eigenvalue weighted by molar-refractivity contribution is 0.0697. The van der Waals surface area contributed by atoms with Gasteiger partial charge in [0.2, 0.25) is 0 Å². The first-order chi connectivity index (χ1) is 13.7. The normalized spacial score (nSPS) is 14.8. The highest BCUT2D eigenvalue weighted by Gasteiger charge is 2.21. The van der Waals surface area contributed by atoms with Crippen LogP contribution in [0.15, 0.2) is 48.5 Å². The molecule has 28 heavy (non-hydrogen) atoms. The van der Waals surface area contributed by atoms with Crippen molar-refractivity contribution in [2.24, 2.45) is 0 Å². The van der Waals surface area contributed by atoms with Crippen LogP contribution in [0.5, 0.6) is 5.75 Å². The number of unbranched alkanes of at least 4 members (excludes halogenated alkanes) is 3. The Labute approximate surface area is 168 Å². The molecule has 0 aromatic heterocycles. The van der Waals surface area contributed by atoms with Gasteiger partial charge in [-0.05, 0) is 67.1 Å². The Morgan fingerprint density at radius 3 is 2.29 bits per heavy atom. The third kappa shape index (κ3) is 5.51. The van der Waals surface area contributed by atoms with Crippen molar-refractivity contribution in [2.75, 3.05) is 24.6 Å². The summed E-state index contributed by atoms with van der Waals surface area (Å²) < 4.78 is 5.85. The van der Waals surface area contributed by atoms with Gasteiger partial charge in [-0.2, -0.15) is 0 Å². The third-order valence-corrected chi connectivity index (χ3v) is 5.59. The van der Waals surface area contributed by atoms with Crippen LogP contribution in [0.25, 0.3) is 0 Å². The van der Waals surface area contributed by atoms with Crippen molar-refractivity contribution < 1.29 is 14.6 Å². The average molecular weight is 382 g/mol. The zero-order valence-corrected chi connectivity index (χ0v) is 16.8. The summed E-state index contributed by atoms with van der Waals surface area (Å²) in [6.07, 6.45) is 7.12. The fourth-order valence-corrected chi connectivity index (χ4v) is 3.84. The summed E-state index contributed by atoms with van der Waals surface area (Å²) in [7, 11) is 0. The maximum atomic E-state index is 11.0. The molecule has 3 rings (SSSR count). The molecule has 1 aliphatic rings. The molecule has 4 heteroatoms. The molecule has 4 nitrogen and oxygen atoms in total. The number of carbonyl (C=O) groups is 1. The molecule has 0 atom stereocenters. The largest absolute Gasteiger partial charge is 0.494 e. The molecule has 0 spiro atoms. The van der Waals surface area contributed by atoms with Crippen molar-refractivity contribution >= 4 is 11.7 Å². The smallest absolute Gasteiger partial charge is 0.335 e. The maximum Gasteiger partial charge on any atom is 0.335 e. The minimum Gasteiger partial charge on any atom is -0.494 e. The summed E-state index contributed by atoms with van der Waals surface area (Å²) in [4.78, 5) is 13.3. The first kappa shape index (κ1) is 20.2. The second-order valence-electron chi connectivity index (χ2n) is 7.59. The Morgan fingerprint density at radius 2 is 1.68 bits per heavy atom. The van der Waals surface area contributed by atoms with Crippen molar-refractivity contribution in [3.05, 3.63) is 59.7 Å². The van der Waals surface area contributed by atoms with Gasteiger partial charge in [-0.3, -0.25) is 0 Å². The lowest BCUT2D eigenvalue weighted by atomic mass is 9.89. The SMILES string of the molecule is CCCCCCOc1ccc(C2CCN(c3ccc(C(=O)O)cc3)CC2)cc1. The van der Waals surface area contributed by atoms with Gasteiger partial charge >= 0.3 is 5.97 Å². The number of carboxylic acids is 1. The van der Waals surface area contributed by atoms with Crippen molar-refractivity contribution in [1.29, 1.82) is 0 Å². The van der Waals surface area contributed by atoms with Crippen LogP contribution in [0.4, 0.5) is 5.69 Å². The highest BCUT2D eigenvalue weighted by Crippen LogP contribution is 2.31. The van der Waals surface area contributed by atoms with Gasteiger partial charge in [0.05, 0.1) is 12.2 Å². The van der Waals surface area contributed by atoms with Crippen molar-refractivity contribution in [3.63, 3.8) is 0 Å². The fourth-order valence-electron chi connectivity index (χ4n) is 3.84. The number of piperidine rings is 1. The summed E-state index contributed by atoms with van der Waals surface area (Å²) in [5.74, 6) is 0.669. The Morgan fingerprint density at radius 1 is 1.00 bits per heavy atom. The van der Waals surface area contributed by atoms with Gasteiger partial charge in [0.1, 0.15) is 5.75 Å². The number of nitrogens with zero attached hydrogens (tertiary/aromatic N) is 1. The van der Waals surface area contributed by atoms with E-state index in [2.05, 4.69) is 36.1 Å². The Kier molecular flexibility index (Phi) is 7.35. The Balaban J connectivity index is 1.47. The van der Waals surface area contributed by atoms with Gasteiger partial charge in [0, 0.05) is 18.8 Å². The standard InChI is InChI=1S/C24H31NO3/c1-2-3-4-5-18-28-23-12-8-19(9-13-23)20-14-16-25(17-15-20)22-10-6-21(7-11-22)24(26)27/h6-13,20H,2-5,14-18H2,1H3,(H,26,27). The van der Waals surface area contributed by atoms with Crippen LogP contribution in [0.3, 0.4) is 0 Å². The Hall–Kier alpha value is -2.49. The number of aromatic carboxylic acids is 1. The minimum atomic E-state index is -0.876. The molecular weight excluding hydrogens is 350 g/mol. The number of rotatable bonds is 9. The van der Waals surface area contributed by atoms with Crippen LogP contribution in [-0.2, 0) is 0 Å². The summed E-state index contributed by atoms with van der Waals surface area (Å²) in [6.45, 7) is 5.01. The molecule has 1 N–H and O–H groups in total. The van der Waals surface area contributed by atoms with Gasteiger partial charge in [0.25, 0.3) is 0 Å². The predicted molar refractivity (Wildman–Crippen MR) is 114 cm³/mol. The number of hydrogen-bond donors (Lipinski definition) is 1. The summed E-state index contributed by atoms with van der Waals surface area (Å²) >= 11 is 0. The van der Waals surface area contributed by atoms with Gasteiger partial charge in [-0.1, -0.05) is 38.3 Å². The first-order valence-electron chi connectivity index (χ1n) is 10.5. The van der Waals surface area contributed by atoms with Gasteiger partial charge in [-0.15, -0.1) is 0 Å². The molecule has 0 bridgehead atoms. The van der Waals surface area contributed by atoms with E-state index in [4.69, 9.17) is 9.84 Å². The van der Waals surface area contributed by atoms with E-state index in [1.807, 2.05) is 12.1 Å². The van der Waals surface area contributed by atoms with E-state index >= 15 is 0 Å². The average Bonchev–Trinajstić information content (AvgIpc) is 2.74. The zero-order chi connectivity index (χ0) is 19.8. The highest BCUT2D eigenvalue weighted by molar-refractivity contribution is 5.88. The van der Waals surface area contributed by atoms with Gasteiger partial charge < -0.3 is 14.7 Å². The molecule has 0 amide bonds. The molecule has 1 fully saturated rings. The summed E-state index contributed by atoms with van der Waals surface area (Å²) in [5.41, 5.74) is 2.83. The van der Waals surface area contributed by atoms with Crippen LogP contribution in [0.1, 0.15) is 67.3 Å². The molecule has 1 saturated heterocycles. The van der Waals surface area contributed by atoms with Crippen molar-refractivity contribution in [3.8, 4) is 5.75 Å². The molecule has 0 radical (unpaired) electrons. The minimum absolute atomic E-state index is 0.339. The van der Waals surface area contributed by atoms with Crippen molar-refractivity contribution in [2.45, 2.75) is 51.4 Å². The number of ether oxygens (including phenoxy) is 1. The molecule has 0 aliphatic carbocycles. The van der Waals surface area contributed by atoms with Crippen LogP contribution < -0.4 is 9.64 Å². The molecule has 1 aliphatic heterocycles. The maximum absolute atomic E-state index is 11.0. The van der Waals surface area contributed by atoms with Crippen LogP contribution in [-0.4, -0.2) is 30.8 Å². The van der Waals surface area contributed by atoms with E-state index in [1.54, 1.807) is 12.1 Å². The van der Waals surface area contributed by atoms with E-state index in [-0.39, 0.29) is 0 Å². The van der Waals surface area contributed by atoms with Crippen molar-refractivity contribution in [1.82, 2.24) is 0 Å². The van der Waals surface area contributed by atoms with E-state index in [9.17, 15) is 4.79 Å². The van der Waals surface area contributed by atoms with Crippen LogP contribution >= 0.6 is 0 Å². The molecule has 2 aromatic rings. The number of carboxylic acid groups (broad SMARTS) is 1. The molecule has 2 aromatic carbocycles. The van der Waals surface area contributed by atoms with Crippen LogP contribution in [0, 0.1) is 0 Å². The zero-order valence-electron chi connectivity index (χ0n) is 16.8. The third-order valence-electron chi connectivity index (χ3n) is 5.59. The summed E-state index contributed by atoms with van der Waals surface area (Å²) in [5, 5.41) is 9.03. The lowest BCUT2D eigenvalue weighted by Crippen LogP contribution is -2.32. The number of anilines is 1. The quantitative estimate of drug-likeness (QED) is 0.564. The van der Waals surface area contributed by atoms with Gasteiger partial charge in [0.15, 0.2) is 0 Å². The first-order valence-corrected chi connectivity index (χ1v) is 10.5. The molecular formula is C24H31NO3. The molecule has 0 unspecified atom stereocenters. The molecule has 0 saturated carbocycles. The molecule has 1 heterocycles. The van der Waals surface area contributed by atoms with E-state index < -0.39 is 5.97 Å². The second kappa shape index (κ2) is 10.2. The summed E-state index contributed by atoms with van der Waals surface area (Å²) in [6, 6.07) is 15.8. The second-order valence-corrected chi connectivity index (χ2v) is 7.59. The number of benzene rings is 2. The predicted octanol–water partition coefficient (Wildman–Crippen LogP) is 5.73. The lowest BCUT2D eigenvalue weighted by Gasteiger charge is -2.34. The van der Waals surface area contributed by atoms with E-state index in [0.717, 1.165) is 50.4 Å².